The zero-order valence-corrected chi connectivity index (χ0v) is 12.6. The van der Waals surface area contributed by atoms with Crippen molar-refractivity contribution < 1.29 is 14.4 Å². The molecule has 2 aliphatic heterocycles. The van der Waals surface area contributed by atoms with Gasteiger partial charge in [-0.05, 0) is 25.0 Å². The summed E-state index contributed by atoms with van der Waals surface area (Å²) in [5, 5.41) is 4.94. The third-order valence-corrected chi connectivity index (χ3v) is 4.76. The second-order valence-corrected chi connectivity index (χ2v) is 6.42. The van der Waals surface area contributed by atoms with Crippen molar-refractivity contribution in [3.8, 4) is 0 Å². The summed E-state index contributed by atoms with van der Waals surface area (Å²) in [6, 6.07) is -0.457. The number of carbonyl (C=O) groups is 3. The predicted octanol–water partition coefficient (Wildman–Crippen LogP) is 0.720. The lowest BCUT2D eigenvalue weighted by Gasteiger charge is -2.38. The van der Waals surface area contributed by atoms with Crippen molar-refractivity contribution >= 4 is 29.6 Å². The molecule has 1 spiro atoms. The largest absolute Gasteiger partial charge is 0.339 e. The quantitative estimate of drug-likeness (QED) is 0.579. The molecule has 6 nitrogen and oxygen atoms in total. The van der Waals surface area contributed by atoms with Crippen molar-refractivity contribution in [2.75, 3.05) is 24.6 Å². The van der Waals surface area contributed by atoms with E-state index >= 15 is 0 Å². The van der Waals surface area contributed by atoms with Crippen LogP contribution in [0, 0.1) is 0 Å². The molecule has 2 fully saturated rings. The van der Waals surface area contributed by atoms with Gasteiger partial charge in [0.1, 0.15) is 5.54 Å². The van der Waals surface area contributed by atoms with E-state index in [1.165, 1.54) is 0 Å². The second-order valence-electron chi connectivity index (χ2n) is 5.32. The monoisotopic (exact) mass is 299 g/mol. The summed E-state index contributed by atoms with van der Waals surface area (Å²) >= 11 is 1.63. The van der Waals surface area contributed by atoms with Crippen LogP contribution in [0.25, 0.3) is 0 Å². The Morgan fingerprint density at radius 1 is 1.45 bits per heavy atom. The third-order valence-electron chi connectivity index (χ3n) is 3.73. The molecule has 2 N–H and O–H groups in total. The summed E-state index contributed by atoms with van der Waals surface area (Å²) in [5.41, 5.74) is -0.904. The minimum absolute atomic E-state index is 0.0547. The summed E-state index contributed by atoms with van der Waals surface area (Å²) in [6.07, 6.45) is 3.57. The lowest BCUT2D eigenvalue weighted by atomic mass is 9.89. The highest BCUT2D eigenvalue weighted by molar-refractivity contribution is 7.99. The Kier molecular flexibility index (Phi) is 4.91. The number of amides is 4. The highest BCUT2D eigenvalue weighted by Crippen LogP contribution is 2.25. The molecule has 1 unspecified atom stereocenters. The molecule has 0 saturated carbocycles. The van der Waals surface area contributed by atoms with Crippen LogP contribution in [-0.4, -0.2) is 52.9 Å². The molecule has 0 aromatic rings. The molecule has 0 aliphatic carbocycles. The molecule has 0 bridgehead atoms. The highest BCUT2D eigenvalue weighted by atomic mass is 32.2. The Hall–Kier alpha value is -1.24. The van der Waals surface area contributed by atoms with Crippen LogP contribution in [0.15, 0.2) is 0 Å². The zero-order chi connectivity index (χ0) is 14.6. The maximum Gasteiger partial charge on any atom is 0.322 e. The molecule has 7 heteroatoms. The van der Waals surface area contributed by atoms with Crippen LogP contribution in [0.1, 0.15) is 32.6 Å². The van der Waals surface area contributed by atoms with Crippen LogP contribution in [0.2, 0.25) is 0 Å². The molecule has 0 aromatic carbocycles. The molecule has 2 saturated heterocycles. The molecule has 2 rings (SSSR count). The van der Waals surface area contributed by atoms with Gasteiger partial charge in [-0.3, -0.25) is 14.9 Å². The van der Waals surface area contributed by atoms with Crippen molar-refractivity contribution in [3.63, 3.8) is 0 Å². The van der Waals surface area contributed by atoms with E-state index in [0.29, 0.717) is 18.7 Å². The van der Waals surface area contributed by atoms with E-state index in [4.69, 9.17) is 0 Å². The topological polar surface area (TPSA) is 78.5 Å². The standard InChI is InChI=1S/C13H21N3O3S/c1-2-3-7-20-8-10(17)16-6-4-5-13(9-16)11(18)14-12(19)15-13/h2-9H2,1H3,(H2,14,15,18,19). The van der Waals surface area contributed by atoms with Crippen LogP contribution in [0.3, 0.4) is 0 Å². The maximum absolute atomic E-state index is 12.2. The number of piperidine rings is 1. The Balaban J connectivity index is 1.88. The van der Waals surface area contributed by atoms with Crippen molar-refractivity contribution in [2.24, 2.45) is 0 Å². The van der Waals surface area contributed by atoms with Crippen molar-refractivity contribution in [2.45, 2.75) is 38.1 Å². The SMILES string of the molecule is CCCCSCC(=O)N1CCCC2(C1)NC(=O)NC2=O. The average Bonchev–Trinajstić information content (AvgIpc) is 2.68. The number of nitrogens with one attached hydrogen (secondary N) is 2. The van der Waals surface area contributed by atoms with Crippen molar-refractivity contribution in [3.05, 3.63) is 0 Å². The van der Waals surface area contributed by atoms with Gasteiger partial charge in [-0.15, -0.1) is 0 Å². The van der Waals surface area contributed by atoms with Gasteiger partial charge in [-0.25, -0.2) is 4.79 Å². The number of hydrogen-bond donors (Lipinski definition) is 2. The van der Waals surface area contributed by atoms with Gasteiger partial charge >= 0.3 is 6.03 Å². The lowest BCUT2D eigenvalue weighted by molar-refractivity contribution is -0.134. The van der Waals surface area contributed by atoms with E-state index in [1.54, 1.807) is 16.7 Å². The van der Waals surface area contributed by atoms with E-state index in [2.05, 4.69) is 17.6 Å². The molecule has 2 heterocycles. The first kappa shape index (κ1) is 15.2. The van der Waals surface area contributed by atoms with E-state index in [9.17, 15) is 14.4 Å². The number of likely N-dealkylation sites (tertiary alicyclic amines) is 1. The van der Waals surface area contributed by atoms with E-state index in [-0.39, 0.29) is 18.4 Å². The normalized spacial score (nSPS) is 25.8. The molecule has 0 radical (unpaired) electrons. The Morgan fingerprint density at radius 2 is 2.25 bits per heavy atom. The summed E-state index contributed by atoms with van der Waals surface area (Å²) in [6.45, 7) is 3.08. The van der Waals surface area contributed by atoms with Crippen molar-refractivity contribution in [1.82, 2.24) is 15.5 Å². The second kappa shape index (κ2) is 6.47. The number of hydrogen-bond acceptors (Lipinski definition) is 4. The Bertz CT molecular complexity index is 416. The van der Waals surface area contributed by atoms with Gasteiger partial charge in [-0.1, -0.05) is 13.3 Å². The zero-order valence-electron chi connectivity index (χ0n) is 11.7. The van der Waals surface area contributed by atoms with Gasteiger partial charge in [0, 0.05) is 6.54 Å². The number of thioether (sulfide) groups is 1. The van der Waals surface area contributed by atoms with Gasteiger partial charge in [0.05, 0.1) is 12.3 Å². The molecule has 4 amide bonds. The fourth-order valence-corrected chi connectivity index (χ4v) is 3.58. The van der Waals surface area contributed by atoms with Gasteiger partial charge in [0.2, 0.25) is 5.91 Å². The molecule has 112 valence electrons. The first-order valence-electron chi connectivity index (χ1n) is 7.06. The van der Waals surface area contributed by atoms with E-state index in [1.807, 2.05) is 0 Å². The van der Waals surface area contributed by atoms with Gasteiger partial charge < -0.3 is 10.2 Å². The maximum atomic E-state index is 12.2. The van der Waals surface area contributed by atoms with Crippen molar-refractivity contribution in [1.29, 1.82) is 0 Å². The number of unbranched alkanes of at least 4 members (excludes halogenated alkanes) is 1. The smallest absolute Gasteiger partial charge is 0.322 e. The van der Waals surface area contributed by atoms with Crippen LogP contribution < -0.4 is 10.6 Å². The summed E-state index contributed by atoms with van der Waals surface area (Å²) < 4.78 is 0. The Labute approximate surface area is 123 Å². The highest BCUT2D eigenvalue weighted by Gasteiger charge is 2.49. The van der Waals surface area contributed by atoms with Gasteiger partial charge in [-0.2, -0.15) is 11.8 Å². The molecule has 2 aliphatic rings. The van der Waals surface area contributed by atoms with Crippen LogP contribution in [0.4, 0.5) is 4.79 Å². The van der Waals surface area contributed by atoms with Crippen LogP contribution in [0.5, 0.6) is 0 Å². The van der Waals surface area contributed by atoms with Gasteiger partial charge in [0.15, 0.2) is 0 Å². The Morgan fingerprint density at radius 3 is 2.90 bits per heavy atom. The van der Waals surface area contributed by atoms with E-state index < -0.39 is 11.6 Å². The average molecular weight is 299 g/mol. The summed E-state index contributed by atoms with van der Waals surface area (Å²) in [7, 11) is 0. The number of imide groups is 1. The number of urea groups is 1. The number of nitrogens with zero attached hydrogens (tertiary/aromatic N) is 1. The molecular formula is C13H21N3O3S. The number of rotatable bonds is 5. The first-order valence-corrected chi connectivity index (χ1v) is 8.22. The molecule has 1 atom stereocenters. The fraction of sp³-hybridized carbons (Fsp3) is 0.769. The minimum Gasteiger partial charge on any atom is -0.339 e. The molecule has 20 heavy (non-hydrogen) atoms. The van der Waals surface area contributed by atoms with Crippen LogP contribution >= 0.6 is 11.8 Å². The van der Waals surface area contributed by atoms with Crippen LogP contribution in [-0.2, 0) is 9.59 Å². The van der Waals surface area contributed by atoms with Gasteiger partial charge in [0.25, 0.3) is 5.91 Å². The fourth-order valence-electron chi connectivity index (χ4n) is 2.58. The molecular weight excluding hydrogens is 278 g/mol. The first-order chi connectivity index (χ1) is 9.57. The minimum atomic E-state index is -0.904. The third kappa shape index (κ3) is 3.26. The lowest BCUT2D eigenvalue weighted by Crippen LogP contribution is -2.59. The van der Waals surface area contributed by atoms with E-state index in [0.717, 1.165) is 25.0 Å². The predicted molar refractivity (Wildman–Crippen MR) is 77.5 cm³/mol. The number of carbonyl (C=O) groups excluding carboxylic acids is 3. The summed E-state index contributed by atoms with van der Waals surface area (Å²) in [4.78, 5) is 37.0. The summed E-state index contributed by atoms with van der Waals surface area (Å²) in [5.74, 6) is 1.18. The molecule has 0 aromatic heterocycles.